The molecule has 4 nitrogen and oxygen atoms in total. The minimum atomic E-state index is -0.301. The van der Waals surface area contributed by atoms with E-state index in [4.69, 9.17) is 0 Å². The fourth-order valence-corrected chi connectivity index (χ4v) is 2.47. The van der Waals surface area contributed by atoms with E-state index in [1.165, 1.54) is 12.1 Å². The maximum absolute atomic E-state index is 13.5. The second-order valence-corrected chi connectivity index (χ2v) is 4.98. The number of hydrogen-bond acceptors (Lipinski definition) is 3. The van der Waals surface area contributed by atoms with Crippen molar-refractivity contribution >= 4 is 27.6 Å². The number of pyridine rings is 1. The molecule has 0 aliphatic carbocycles. The van der Waals surface area contributed by atoms with Gasteiger partial charge in [-0.2, -0.15) is 5.26 Å². The number of halogens is 1. The lowest BCUT2D eigenvalue weighted by Crippen LogP contribution is -2.03. The molecular weight excluding hydrogens is 267 g/mol. The third-order valence-electron chi connectivity index (χ3n) is 3.53. The van der Waals surface area contributed by atoms with E-state index in [-0.39, 0.29) is 5.82 Å². The van der Waals surface area contributed by atoms with Crippen molar-refractivity contribution in [3.8, 4) is 6.07 Å². The number of nitrogens with zero attached hydrogens (tertiary/aromatic N) is 2. The van der Waals surface area contributed by atoms with E-state index < -0.39 is 0 Å². The molecule has 0 radical (unpaired) electrons. The average molecular weight is 282 g/mol. The van der Waals surface area contributed by atoms with Gasteiger partial charge in [0.1, 0.15) is 17.7 Å². The average Bonchev–Trinajstić information content (AvgIpc) is 2.86. The van der Waals surface area contributed by atoms with Gasteiger partial charge in [-0.15, -0.1) is 0 Å². The normalized spacial score (nSPS) is 10.9. The molecule has 1 aromatic carbocycles. The third-order valence-corrected chi connectivity index (χ3v) is 3.53. The van der Waals surface area contributed by atoms with Crippen molar-refractivity contribution in [1.82, 2.24) is 9.97 Å². The third kappa shape index (κ3) is 2.29. The summed E-state index contributed by atoms with van der Waals surface area (Å²) in [5.74, 6) is 0.388. The van der Waals surface area contributed by atoms with Crippen molar-refractivity contribution in [3.63, 3.8) is 0 Å². The number of benzene rings is 1. The molecule has 0 spiro atoms. The molecule has 3 aromatic rings. The standard InChI is InChI=1S/C16H15FN4/c1-2-3-6-19-16-14-12-7-11(17)4-5-13(12)21-15(14)10(8-18)9-20-16/h4-5,7,9,21H,2-3,6H2,1H3,(H,19,20). The Hall–Kier alpha value is -2.61. The number of nitriles is 1. The van der Waals surface area contributed by atoms with Gasteiger partial charge in [0.25, 0.3) is 0 Å². The molecule has 0 bridgehead atoms. The molecular formula is C16H15FN4. The molecule has 0 saturated carbocycles. The van der Waals surface area contributed by atoms with Gasteiger partial charge in [0, 0.05) is 23.6 Å². The molecule has 5 heteroatoms. The topological polar surface area (TPSA) is 64.5 Å². The Labute approximate surface area is 121 Å². The second-order valence-electron chi connectivity index (χ2n) is 4.98. The summed E-state index contributed by atoms with van der Waals surface area (Å²) in [5, 5.41) is 14.0. The molecule has 0 aliphatic heterocycles. The summed E-state index contributed by atoms with van der Waals surface area (Å²) in [7, 11) is 0. The first-order chi connectivity index (χ1) is 10.2. The van der Waals surface area contributed by atoms with Crippen LogP contribution >= 0.6 is 0 Å². The Morgan fingerprint density at radius 2 is 2.29 bits per heavy atom. The second kappa shape index (κ2) is 5.41. The number of unbranched alkanes of at least 4 members (excludes halogenated alkanes) is 1. The van der Waals surface area contributed by atoms with Crippen molar-refractivity contribution in [2.75, 3.05) is 11.9 Å². The summed E-state index contributed by atoms with van der Waals surface area (Å²) in [6, 6.07) is 6.69. The predicted molar refractivity (Wildman–Crippen MR) is 81.7 cm³/mol. The van der Waals surface area contributed by atoms with Gasteiger partial charge in [-0.25, -0.2) is 9.37 Å². The van der Waals surface area contributed by atoms with Gasteiger partial charge < -0.3 is 10.3 Å². The van der Waals surface area contributed by atoms with Crippen LogP contribution in [-0.2, 0) is 0 Å². The van der Waals surface area contributed by atoms with Gasteiger partial charge in [0.2, 0.25) is 0 Å². The van der Waals surface area contributed by atoms with E-state index in [0.717, 1.165) is 35.7 Å². The lowest BCUT2D eigenvalue weighted by Gasteiger charge is -2.07. The Kier molecular flexibility index (Phi) is 3.44. The maximum Gasteiger partial charge on any atom is 0.136 e. The van der Waals surface area contributed by atoms with Crippen molar-refractivity contribution in [2.24, 2.45) is 0 Å². The van der Waals surface area contributed by atoms with Crippen LogP contribution in [0.25, 0.3) is 21.8 Å². The van der Waals surface area contributed by atoms with Gasteiger partial charge in [-0.3, -0.25) is 0 Å². The largest absolute Gasteiger partial charge is 0.369 e. The first kappa shape index (κ1) is 13.4. The fourth-order valence-electron chi connectivity index (χ4n) is 2.47. The predicted octanol–water partition coefficient (Wildman–Crippen LogP) is 3.94. The van der Waals surface area contributed by atoms with Crippen LogP contribution in [-0.4, -0.2) is 16.5 Å². The summed E-state index contributed by atoms with van der Waals surface area (Å²) in [6.07, 6.45) is 3.65. The van der Waals surface area contributed by atoms with Crippen molar-refractivity contribution in [1.29, 1.82) is 5.26 Å². The SMILES string of the molecule is CCCCNc1ncc(C#N)c2[nH]c3ccc(F)cc3c12. The monoisotopic (exact) mass is 282 g/mol. The van der Waals surface area contributed by atoms with Crippen LogP contribution in [0.1, 0.15) is 25.3 Å². The molecule has 2 heterocycles. The van der Waals surface area contributed by atoms with Crippen molar-refractivity contribution in [2.45, 2.75) is 19.8 Å². The number of anilines is 1. The van der Waals surface area contributed by atoms with Crippen LogP contribution < -0.4 is 5.32 Å². The Morgan fingerprint density at radius 3 is 3.05 bits per heavy atom. The van der Waals surface area contributed by atoms with Gasteiger partial charge >= 0.3 is 0 Å². The first-order valence-corrected chi connectivity index (χ1v) is 6.98. The number of fused-ring (bicyclic) bond motifs is 3. The minimum Gasteiger partial charge on any atom is -0.369 e. The zero-order valence-electron chi connectivity index (χ0n) is 11.7. The molecule has 2 N–H and O–H groups in total. The van der Waals surface area contributed by atoms with E-state index >= 15 is 0 Å². The van der Waals surface area contributed by atoms with Crippen LogP contribution in [0, 0.1) is 17.1 Å². The molecule has 0 atom stereocenters. The van der Waals surface area contributed by atoms with E-state index in [9.17, 15) is 9.65 Å². The lowest BCUT2D eigenvalue weighted by atomic mass is 10.1. The Morgan fingerprint density at radius 1 is 1.43 bits per heavy atom. The smallest absolute Gasteiger partial charge is 0.136 e. The molecule has 21 heavy (non-hydrogen) atoms. The van der Waals surface area contributed by atoms with Crippen LogP contribution in [0.3, 0.4) is 0 Å². The number of aromatic amines is 1. The first-order valence-electron chi connectivity index (χ1n) is 6.98. The number of rotatable bonds is 4. The molecule has 0 amide bonds. The summed E-state index contributed by atoms with van der Waals surface area (Å²) >= 11 is 0. The van der Waals surface area contributed by atoms with E-state index in [1.54, 1.807) is 12.3 Å². The van der Waals surface area contributed by atoms with Crippen LogP contribution in [0.5, 0.6) is 0 Å². The van der Waals surface area contributed by atoms with Crippen LogP contribution in [0.4, 0.5) is 10.2 Å². The Bertz CT molecular complexity index is 845. The number of H-pyrrole nitrogens is 1. The minimum absolute atomic E-state index is 0.301. The number of hydrogen-bond donors (Lipinski definition) is 2. The fraction of sp³-hybridized carbons (Fsp3) is 0.250. The summed E-state index contributed by atoms with van der Waals surface area (Å²) < 4.78 is 13.5. The molecule has 106 valence electrons. The number of nitrogens with one attached hydrogen (secondary N) is 2. The quantitative estimate of drug-likeness (QED) is 0.712. The van der Waals surface area contributed by atoms with E-state index in [0.29, 0.717) is 16.9 Å². The highest BCUT2D eigenvalue weighted by Crippen LogP contribution is 2.32. The number of aromatic nitrogens is 2. The van der Waals surface area contributed by atoms with Crippen LogP contribution in [0.15, 0.2) is 24.4 Å². The molecule has 2 aromatic heterocycles. The van der Waals surface area contributed by atoms with Gasteiger partial charge in [0.15, 0.2) is 0 Å². The van der Waals surface area contributed by atoms with E-state index in [1.807, 2.05) is 0 Å². The summed E-state index contributed by atoms with van der Waals surface area (Å²) in [4.78, 5) is 7.51. The highest BCUT2D eigenvalue weighted by atomic mass is 19.1. The Balaban J connectivity index is 2.26. The van der Waals surface area contributed by atoms with Gasteiger partial charge in [-0.05, 0) is 24.6 Å². The van der Waals surface area contributed by atoms with E-state index in [2.05, 4.69) is 28.3 Å². The molecule has 0 fully saturated rings. The highest BCUT2D eigenvalue weighted by Gasteiger charge is 2.14. The molecule has 0 aliphatic rings. The highest BCUT2D eigenvalue weighted by molar-refractivity contribution is 6.13. The van der Waals surface area contributed by atoms with Crippen LogP contribution in [0.2, 0.25) is 0 Å². The summed E-state index contributed by atoms with van der Waals surface area (Å²) in [6.45, 7) is 2.91. The molecule has 0 unspecified atom stereocenters. The zero-order chi connectivity index (χ0) is 14.8. The maximum atomic E-state index is 13.5. The van der Waals surface area contributed by atoms with Crippen molar-refractivity contribution in [3.05, 3.63) is 35.8 Å². The summed E-state index contributed by atoms with van der Waals surface area (Å²) in [5.41, 5.74) is 1.96. The van der Waals surface area contributed by atoms with Gasteiger partial charge in [-0.1, -0.05) is 13.3 Å². The van der Waals surface area contributed by atoms with Crippen molar-refractivity contribution < 1.29 is 4.39 Å². The van der Waals surface area contributed by atoms with Gasteiger partial charge in [0.05, 0.1) is 16.5 Å². The zero-order valence-corrected chi connectivity index (χ0v) is 11.7. The lowest BCUT2D eigenvalue weighted by molar-refractivity contribution is 0.630. The molecule has 0 saturated heterocycles. The molecule has 3 rings (SSSR count).